The summed E-state index contributed by atoms with van der Waals surface area (Å²) in [6.45, 7) is -0.256. The second kappa shape index (κ2) is 5.17. The Kier molecular flexibility index (Phi) is 3.50. The van der Waals surface area contributed by atoms with Crippen molar-refractivity contribution in [2.75, 3.05) is 12.9 Å². The van der Waals surface area contributed by atoms with E-state index in [-0.39, 0.29) is 17.7 Å². The van der Waals surface area contributed by atoms with Gasteiger partial charge in [0, 0.05) is 6.42 Å². The molecule has 3 atom stereocenters. The summed E-state index contributed by atoms with van der Waals surface area (Å²) in [7, 11) is 0. The molecule has 3 rings (SSSR count). The summed E-state index contributed by atoms with van der Waals surface area (Å²) in [6, 6.07) is 0. The zero-order valence-corrected chi connectivity index (χ0v) is 11.5. The Labute approximate surface area is 117 Å². The van der Waals surface area contributed by atoms with Gasteiger partial charge in [-0.2, -0.15) is 0 Å². The summed E-state index contributed by atoms with van der Waals surface area (Å²) >= 11 is 1.32. The average Bonchev–Trinajstić information content (AvgIpc) is 3.01. The van der Waals surface area contributed by atoms with Crippen molar-refractivity contribution in [1.82, 2.24) is 19.5 Å². The normalized spacial score (nSPS) is 26.4. The van der Waals surface area contributed by atoms with E-state index in [9.17, 15) is 9.90 Å². The largest absolute Gasteiger partial charge is 0.394 e. The van der Waals surface area contributed by atoms with Crippen molar-refractivity contribution in [3.8, 4) is 0 Å². The molecule has 1 aliphatic rings. The molecule has 2 aromatic rings. The highest BCUT2D eigenvalue weighted by atomic mass is 32.2. The van der Waals surface area contributed by atoms with Crippen LogP contribution in [0.1, 0.15) is 12.6 Å². The van der Waals surface area contributed by atoms with Crippen LogP contribution in [-0.2, 0) is 4.74 Å². The maximum absolute atomic E-state index is 11.9. The van der Waals surface area contributed by atoms with Gasteiger partial charge in [-0.15, -0.1) is 0 Å². The Balaban J connectivity index is 2.05. The van der Waals surface area contributed by atoms with E-state index in [4.69, 9.17) is 9.84 Å². The molecule has 0 radical (unpaired) electrons. The Morgan fingerprint density at radius 3 is 3.10 bits per heavy atom. The van der Waals surface area contributed by atoms with Gasteiger partial charge in [0.2, 0.25) is 0 Å². The molecule has 0 bridgehead atoms. The van der Waals surface area contributed by atoms with Crippen LogP contribution in [0.2, 0.25) is 0 Å². The number of hydrogen-bond acceptors (Lipinski definition) is 7. The summed E-state index contributed by atoms with van der Waals surface area (Å²) < 4.78 is 7.17. The lowest BCUT2D eigenvalue weighted by Gasteiger charge is -2.13. The quantitative estimate of drug-likeness (QED) is 0.516. The topological polar surface area (TPSA) is 113 Å². The molecule has 1 fully saturated rings. The molecule has 0 unspecified atom stereocenters. The molecule has 20 heavy (non-hydrogen) atoms. The molecule has 0 spiro atoms. The fourth-order valence-corrected chi connectivity index (χ4v) is 2.64. The molecule has 9 heteroatoms. The van der Waals surface area contributed by atoms with Crippen molar-refractivity contribution in [3.05, 3.63) is 16.7 Å². The third-order valence-electron chi connectivity index (χ3n) is 3.30. The Morgan fingerprint density at radius 2 is 2.45 bits per heavy atom. The van der Waals surface area contributed by atoms with Crippen molar-refractivity contribution in [2.24, 2.45) is 0 Å². The molecule has 108 valence electrons. The van der Waals surface area contributed by atoms with Crippen LogP contribution in [0.3, 0.4) is 0 Å². The van der Waals surface area contributed by atoms with Gasteiger partial charge in [0.15, 0.2) is 16.3 Å². The lowest BCUT2D eigenvalue weighted by Crippen LogP contribution is -2.24. The van der Waals surface area contributed by atoms with Gasteiger partial charge >= 0.3 is 0 Å². The molecule has 0 amide bonds. The van der Waals surface area contributed by atoms with Gasteiger partial charge in [-0.25, -0.2) is 9.97 Å². The number of thioether (sulfide) groups is 1. The molecule has 8 nitrogen and oxygen atoms in total. The number of imidazole rings is 1. The number of fused-ring (bicyclic) bond motifs is 1. The van der Waals surface area contributed by atoms with Gasteiger partial charge in [-0.1, -0.05) is 11.8 Å². The van der Waals surface area contributed by atoms with E-state index in [0.717, 1.165) is 0 Å². The van der Waals surface area contributed by atoms with Crippen molar-refractivity contribution in [2.45, 2.75) is 30.0 Å². The minimum atomic E-state index is -0.746. The molecule has 1 saturated heterocycles. The molecule has 0 aliphatic carbocycles. The number of aliphatic hydroxyl groups is 2. The number of nitrogens with zero attached hydrogens (tertiary/aromatic N) is 3. The Morgan fingerprint density at radius 1 is 1.65 bits per heavy atom. The zero-order chi connectivity index (χ0) is 14.3. The maximum atomic E-state index is 11.9. The Bertz CT molecular complexity index is 685. The van der Waals surface area contributed by atoms with E-state index in [1.165, 1.54) is 18.1 Å². The Hall–Kier alpha value is -1.42. The van der Waals surface area contributed by atoms with Crippen LogP contribution >= 0.6 is 11.8 Å². The first-order chi connectivity index (χ1) is 9.63. The molecule has 1 aliphatic heterocycles. The SMILES string of the molecule is CSc1nc2c(ncn2[C@H]2C[C@H](O)[C@@H](CO)O2)c(=O)[nH]1. The van der Waals surface area contributed by atoms with Crippen LogP contribution in [-0.4, -0.2) is 54.8 Å². The third-order valence-corrected chi connectivity index (χ3v) is 3.88. The fourth-order valence-electron chi connectivity index (χ4n) is 2.26. The summed E-state index contributed by atoms with van der Waals surface area (Å²) in [4.78, 5) is 22.8. The lowest BCUT2D eigenvalue weighted by atomic mass is 10.2. The minimum Gasteiger partial charge on any atom is -0.394 e. The number of ether oxygens (including phenoxy) is 1. The molecule has 2 aromatic heterocycles. The predicted octanol–water partition coefficient (Wildman–Crippen LogP) is -0.518. The van der Waals surface area contributed by atoms with Gasteiger partial charge < -0.3 is 14.9 Å². The number of aromatic amines is 1. The third kappa shape index (κ3) is 2.12. The standard InChI is InChI=1S/C11H14N4O4S/c1-20-11-13-9-8(10(18)14-11)12-4-15(9)7-2-5(17)6(3-16)19-7/h4-7,16-17H,2-3H2,1H3,(H,13,14,18)/t5-,6+,7+/m0/s1. The molecular weight excluding hydrogens is 284 g/mol. The lowest BCUT2D eigenvalue weighted by molar-refractivity contribution is -0.0432. The number of H-pyrrole nitrogens is 1. The molecule has 0 saturated carbocycles. The molecule has 3 heterocycles. The molecule has 0 aromatic carbocycles. The number of nitrogens with one attached hydrogen (secondary N) is 1. The number of hydrogen-bond donors (Lipinski definition) is 3. The monoisotopic (exact) mass is 298 g/mol. The van der Waals surface area contributed by atoms with E-state index in [2.05, 4.69) is 15.0 Å². The van der Waals surface area contributed by atoms with Crippen molar-refractivity contribution < 1.29 is 14.9 Å². The minimum absolute atomic E-state index is 0.230. The van der Waals surface area contributed by atoms with Gasteiger partial charge in [0.05, 0.1) is 19.0 Å². The van der Waals surface area contributed by atoms with Gasteiger partial charge in [0.25, 0.3) is 5.56 Å². The smallest absolute Gasteiger partial charge is 0.279 e. The molecule has 3 N–H and O–H groups in total. The van der Waals surface area contributed by atoms with Gasteiger partial charge in [-0.3, -0.25) is 14.3 Å². The fraction of sp³-hybridized carbons (Fsp3) is 0.545. The summed E-state index contributed by atoms with van der Waals surface area (Å²) in [5, 5.41) is 19.4. The van der Waals surface area contributed by atoms with Crippen LogP contribution in [0.4, 0.5) is 0 Å². The summed E-state index contributed by atoms with van der Waals surface area (Å²) in [5.41, 5.74) is 0.331. The van der Waals surface area contributed by atoms with E-state index in [1.54, 1.807) is 4.57 Å². The van der Waals surface area contributed by atoms with Gasteiger partial charge in [-0.05, 0) is 6.26 Å². The van der Waals surface area contributed by atoms with Crippen molar-refractivity contribution >= 4 is 22.9 Å². The number of rotatable bonds is 3. The first-order valence-corrected chi connectivity index (χ1v) is 7.31. The predicted molar refractivity (Wildman–Crippen MR) is 71.5 cm³/mol. The zero-order valence-electron chi connectivity index (χ0n) is 10.7. The second-order valence-corrected chi connectivity index (χ2v) is 5.31. The number of aromatic nitrogens is 4. The molecular formula is C11H14N4O4S. The van der Waals surface area contributed by atoms with E-state index in [1.807, 2.05) is 6.26 Å². The number of aliphatic hydroxyl groups excluding tert-OH is 2. The van der Waals surface area contributed by atoms with Crippen molar-refractivity contribution in [3.63, 3.8) is 0 Å². The average molecular weight is 298 g/mol. The first kappa shape index (κ1) is 13.6. The highest BCUT2D eigenvalue weighted by Crippen LogP contribution is 2.30. The summed E-state index contributed by atoms with van der Waals surface area (Å²) in [6.07, 6.45) is 1.73. The van der Waals surface area contributed by atoms with Gasteiger partial charge in [0.1, 0.15) is 12.3 Å². The van der Waals surface area contributed by atoms with Crippen molar-refractivity contribution in [1.29, 1.82) is 0 Å². The highest BCUT2D eigenvalue weighted by Gasteiger charge is 2.35. The van der Waals surface area contributed by atoms with Crippen LogP contribution in [0, 0.1) is 0 Å². The first-order valence-electron chi connectivity index (χ1n) is 6.09. The van der Waals surface area contributed by atoms with E-state index < -0.39 is 18.4 Å². The highest BCUT2D eigenvalue weighted by molar-refractivity contribution is 7.98. The van der Waals surface area contributed by atoms with Crippen LogP contribution in [0.5, 0.6) is 0 Å². The van der Waals surface area contributed by atoms with Crippen LogP contribution < -0.4 is 5.56 Å². The van der Waals surface area contributed by atoms with E-state index in [0.29, 0.717) is 17.2 Å². The van der Waals surface area contributed by atoms with E-state index >= 15 is 0 Å². The van der Waals surface area contributed by atoms with Crippen LogP contribution in [0.15, 0.2) is 16.3 Å². The van der Waals surface area contributed by atoms with Crippen LogP contribution in [0.25, 0.3) is 11.2 Å². The second-order valence-electron chi connectivity index (χ2n) is 4.51. The summed E-state index contributed by atoms with van der Waals surface area (Å²) in [5.74, 6) is 0. The maximum Gasteiger partial charge on any atom is 0.279 e.